The summed E-state index contributed by atoms with van der Waals surface area (Å²) in [4.78, 5) is 4.13. The molecule has 0 amide bonds. The fraction of sp³-hybridized carbons (Fsp3) is 0.588. The van der Waals surface area contributed by atoms with Gasteiger partial charge in [0.05, 0.1) is 19.0 Å². The van der Waals surface area contributed by atoms with Gasteiger partial charge in [-0.2, -0.15) is 4.31 Å². The largest absolute Gasteiger partial charge is 0.379 e. The molecule has 0 aromatic heterocycles. The van der Waals surface area contributed by atoms with Crippen LogP contribution in [-0.2, 0) is 21.2 Å². The first-order valence-corrected chi connectivity index (χ1v) is 10.3. The van der Waals surface area contributed by atoms with Gasteiger partial charge in [-0.1, -0.05) is 30.3 Å². The number of sulfonamides is 1. The molecular formula is C17H28N4O3S. The molecule has 0 atom stereocenters. The third-order valence-corrected chi connectivity index (χ3v) is 5.89. The van der Waals surface area contributed by atoms with Gasteiger partial charge in [0.2, 0.25) is 10.0 Å². The van der Waals surface area contributed by atoms with Gasteiger partial charge in [0, 0.05) is 33.2 Å². The molecule has 0 bridgehead atoms. The molecule has 140 valence electrons. The van der Waals surface area contributed by atoms with Crippen LogP contribution in [-0.4, -0.2) is 70.9 Å². The number of ether oxygens (including phenoxy) is 1. The number of benzene rings is 1. The molecule has 8 heteroatoms. The molecule has 1 aliphatic heterocycles. The maximum atomic E-state index is 12.2. The van der Waals surface area contributed by atoms with E-state index in [0.29, 0.717) is 38.8 Å². The van der Waals surface area contributed by atoms with Crippen LogP contribution in [0.1, 0.15) is 12.0 Å². The fourth-order valence-corrected chi connectivity index (χ4v) is 3.94. The molecule has 2 rings (SSSR count). The Morgan fingerprint density at radius 1 is 1.16 bits per heavy atom. The highest BCUT2D eigenvalue weighted by Gasteiger charge is 2.23. The minimum Gasteiger partial charge on any atom is -0.379 e. The summed E-state index contributed by atoms with van der Waals surface area (Å²) in [5.41, 5.74) is 1.31. The average molecular weight is 369 g/mol. The maximum Gasteiger partial charge on any atom is 0.215 e. The molecule has 0 spiro atoms. The second kappa shape index (κ2) is 10.4. The fourth-order valence-electron chi connectivity index (χ4n) is 2.62. The van der Waals surface area contributed by atoms with E-state index in [4.69, 9.17) is 4.74 Å². The van der Waals surface area contributed by atoms with E-state index in [-0.39, 0.29) is 5.75 Å². The molecule has 7 nitrogen and oxygen atoms in total. The summed E-state index contributed by atoms with van der Waals surface area (Å²) < 4.78 is 31.2. The van der Waals surface area contributed by atoms with Crippen molar-refractivity contribution in [2.75, 3.05) is 52.2 Å². The Morgan fingerprint density at radius 3 is 2.52 bits per heavy atom. The summed E-state index contributed by atoms with van der Waals surface area (Å²) in [5.74, 6) is 0.683. The van der Waals surface area contributed by atoms with Gasteiger partial charge in [-0.25, -0.2) is 8.42 Å². The van der Waals surface area contributed by atoms with E-state index >= 15 is 0 Å². The number of guanidine groups is 1. The molecular weight excluding hydrogens is 340 g/mol. The third-order valence-electron chi connectivity index (χ3n) is 4.02. The van der Waals surface area contributed by atoms with Crippen LogP contribution in [0.4, 0.5) is 0 Å². The van der Waals surface area contributed by atoms with Crippen LogP contribution in [0.2, 0.25) is 0 Å². The van der Waals surface area contributed by atoms with E-state index in [1.807, 2.05) is 18.2 Å². The van der Waals surface area contributed by atoms with Crippen molar-refractivity contribution in [3.05, 3.63) is 35.9 Å². The van der Waals surface area contributed by atoms with Crippen LogP contribution in [0, 0.1) is 0 Å². The minimum absolute atomic E-state index is 0.0533. The average Bonchev–Trinajstić information content (AvgIpc) is 2.65. The Hall–Kier alpha value is -1.64. The van der Waals surface area contributed by atoms with Crippen molar-refractivity contribution >= 4 is 16.0 Å². The zero-order valence-corrected chi connectivity index (χ0v) is 15.6. The third kappa shape index (κ3) is 7.01. The highest BCUT2D eigenvalue weighted by molar-refractivity contribution is 7.89. The molecule has 0 aliphatic carbocycles. The molecule has 1 heterocycles. The van der Waals surface area contributed by atoms with Gasteiger partial charge >= 0.3 is 0 Å². The number of rotatable bonds is 8. The van der Waals surface area contributed by atoms with E-state index in [1.165, 1.54) is 9.87 Å². The molecule has 2 N–H and O–H groups in total. The number of hydrogen-bond acceptors (Lipinski definition) is 4. The van der Waals surface area contributed by atoms with E-state index in [0.717, 1.165) is 19.4 Å². The van der Waals surface area contributed by atoms with Crippen LogP contribution in [0.5, 0.6) is 0 Å². The summed E-state index contributed by atoms with van der Waals surface area (Å²) in [6.07, 6.45) is 1.98. The Morgan fingerprint density at radius 2 is 1.84 bits per heavy atom. The normalized spacial score (nSPS) is 16.6. The predicted octanol–water partition coefficient (Wildman–Crippen LogP) is 0.446. The van der Waals surface area contributed by atoms with Gasteiger partial charge in [-0.3, -0.25) is 4.99 Å². The molecule has 1 fully saturated rings. The highest BCUT2D eigenvalue weighted by Crippen LogP contribution is 2.05. The van der Waals surface area contributed by atoms with Gasteiger partial charge in [-0.15, -0.1) is 0 Å². The zero-order valence-electron chi connectivity index (χ0n) is 14.8. The second-order valence-corrected chi connectivity index (χ2v) is 7.93. The number of hydrogen-bond donors (Lipinski definition) is 2. The quantitative estimate of drug-likeness (QED) is 0.395. The van der Waals surface area contributed by atoms with Gasteiger partial charge in [-0.05, 0) is 18.4 Å². The molecule has 0 radical (unpaired) electrons. The maximum absolute atomic E-state index is 12.2. The van der Waals surface area contributed by atoms with E-state index in [2.05, 4.69) is 27.8 Å². The van der Waals surface area contributed by atoms with Crippen molar-refractivity contribution in [2.45, 2.75) is 12.8 Å². The van der Waals surface area contributed by atoms with Crippen molar-refractivity contribution in [3.8, 4) is 0 Å². The zero-order chi connectivity index (χ0) is 18.0. The van der Waals surface area contributed by atoms with Crippen LogP contribution in [0.3, 0.4) is 0 Å². The van der Waals surface area contributed by atoms with Gasteiger partial charge in [0.15, 0.2) is 5.96 Å². The lowest BCUT2D eigenvalue weighted by atomic mass is 10.1. The van der Waals surface area contributed by atoms with Crippen molar-refractivity contribution in [3.63, 3.8) is 0 Å². The molecule has 1 aliphatic rings. The number of aryl methyl sites for hydroxylation is 1. The smallest absolute Gasteiger partial charge is 0.215 e. The van der Waals surface area contributed by atoms with Gasteiger partial charge in [0.25, 0.3) is 0 Å². The Bertz CT molecular complexity index is 629. The van der Waals surface area contributed by atoms with Crippen molar-refractivity contribution in [2.24, 2.45) is 4.99 Å². The van der Waals surface area contributed by atoms with E-state index in [9.17, 15) is 8.42 Å². The summed E-state index contributed by atoms with van der Waals surface area (Å²) in [5, 5.41) is 6.28. The number of aliphatic imine (C=N–C) groups is 1. The van der Waals surface area contributed by atoms with Crippen LogP contribution < -0.4 is 10.6 Å². The van der Waals surface area contributed by atoms with Crippen LogP contribution in [0.15, 0.2) is 35.3 Å². The molecule has 0 unspecified atom stereocenters. The van der Waals surface area contributed by atoms with Crippen molar-refractivity contribution in [1.29, 1.82) is 0 Å². The van der Waals surface area contributed by atoms with E-state index in [1.54, 1.807) is 7.05 Å². The molecule has 1 aromatic rings. The summed E-state index contributed by atoms with van der Waals surface area (Å²) in [6.45, 7) is 2.93. The van der Waals surface area contributed by atoms with E-state index < -0.39 is 10.0 Å². The summed E-state index contributed by atoms with van der Waals surface area (Å²) >= 11 is 0. The highest BCUT2D eigenvalue weighted by atomic mass is 32.2. The van der Waals surface area contributed by atoms with Gasteiger partial charge < -0.3 is 15.4 Å². The number of morpholine rings is 1. The molecule has 1 saturated heterocycles. The Labute approximate surface area is 150 Å². The van der Waals surface area contributed by atoms with Crippen molar-refractivity contribution < 1.29 is 13.2 Å². The molecule has 0 saturated carbocycles. The number of nitrogens with zero attached hydrogens (tertiary/aromatic N) is 2. The lowest BCUT2D eigenvalue weighted by molar-refractivity contribution is 0.0730. The predicted molar refractivity (Wildman–Crippen MR) is 100 cm³/mol. The first-order chi connectivity index (χ1) is 12.1. The number of nitrogens with one attached hydrogen (secondary N) is 2. The second-order valence-electron chi connectivity index (χ2n) is 5.84. The molecule has 1 aromatic carbocycles. The van der Waals surface area contributed by atoms with Gasteiger partial charge in [0.1, 0.15) is 0 Å². The standard InChI is InChI=1S/C17H28N4O3S/c1-18-17(19-9-5-8-16-6-3-2-4-7-16)20-10-15-25(22,23)21-11-13-24-14-12-21/h2-4,6-7H,5,8-15H2,1H3,(H2,18,19,20). The summed E-state index contributed by atoms with van der Waals surface area (Å²) in [6, 6.07) is 10.3. The first-order valence-electron chi connectivity index (χ1n) is 8.66. The minimum atomic E-state index is -3.24. The topological polar surface area (TPSA) is 83.0 Å². The van der Waals surface area contributed by atoms with Crippen molar-refractivity contribution in [1.82, 2.24) is 14.9 Å². The Kier molecular flexibility index (Phi) is 8.17. The summed E-state index contributed by atoms with van der Waals surface area (Å²) in [7, 11) is -1.56. The SMILES string of the molecule is CN=C(NCCCc1ccccc1)NCCS(=O)(=O)N1CCOCC1. The lowest BCUT2D eigenvalue weighted by Crippen LogP contribution is -2.45. The Balaban J connectivity index is 1.64. The van der Waals surface area contributed by atoms with Crippen LogP contribution in [0.25, 0.3) is 0 Å². The first kappa shape index (κ1) is 19.7. The van der Waals surface area contributed by atoms with Crippen LogP contribution >= 0.6 is 0 Å². The molecule has 25 heavy (non-hydrogen) atoms. The monoisotopic (exact) mass is 368 g/mol. The lowest BCUT2D eigenvalue weighted by Gasteiger charge is -2.26.